The van der Waals surface area contributed by atoms with Crippen LogP contribution < -0.4 is 0 Å². The largest absolute Gasteiger partial charge is 0.508 e. The molecule has 0 bridgehead atoms. The van der Waals surface area contributed by atoms with E-state index in [1.54, 1.807) is 12.1 Å². The second-order valence-corrected chi connectivity index (χ2v) is 13.9. The zero-order chi connectivity index (χ0) is 27.8. The van der Waals surface area contributed by atoms with Gasteiger partial charge in [0.1, 0.15) is 11.5 Å². The summed E-state index contributed by atoms with van der Waals surface area (Å²) < 4.78 is 5.97. The van der Waals surface area contributed by atoms with Gasteiger partial charge in [-0.25, -0.2) is 0 Å². The lowest BCUT2D eigenvalue weighted by Crippen LogP contribution is -2.55. The van der Waals surface area contributed by atoms with E-state index >= 15 is 0 Å². The number of phenolic OH excluding ortho intramolecular Hbond substituents is 2. The Kier molecular flexibility index (Phi) is 5.99. The third-order valence-corrected chi connectivity index (χ3v) is 11.8. The van der Waals surface area contributed by atoms with Gasteiger partial charge in [-0.15, -0.1) is 0 Å². The van der Waals surface area contributed by atoms with Gasteiger partial charge in [-0.3, -0.25) is 9.59 Å². The Labute approximate surface area is 232 Å². The molecular weight excluding hydrogens is 488 g/mol. The highest BCUT2D eigenvalue weighted by Gasteiger charge is 2.59. The lowest BCUT2D eigenvalue weighted by atomic mass is 9.49. The Hall–Kier alpha value is -2.82. The maximum atomic E-state index is 14.0. The van der Waals surface area contributed by atoms with Crippen LogP contribution in [0.15, 0.2) is 36.4 Å². The summed E-state index contributed by atoms with van der Waals surface area (Å²) in [6.45, 7) is 8.46. The number of carbonyl (C=O) groups excluding carboxylic acids is 2. The van der Waals surface area contributed by atoms with Crippen LogP contribution in [-0.2, 0) is 38.0 Å². The molecule has 0 aliphatic heterocycles. The number of carbonyl (C=O) groups is 2. The number of esters is 2. The maximum absolute atomic E-state index is 14.0. The van der Waals surface area contributed by atoms with Gasteiger partial charge in [0.2, 0.25) is 0 Å². The van der Waals surface area contributed by atoms with Crippen molar-refractivity contribution in [2.75, 3.05) is 0 Å². The maximum Gasteiger partial charge on any atom is 0.319 e. The van der Waals surface area contributed by atoms with Crippen LogP contribution in [0.3, 0.4) is 0 Å². The SMILES string of the molecule is C[C@@]1(C(=O)OC(=O)[C@]2(C)CCC[C@]3(C)c4cc(O)ccc4CC[C@@H]23)CCC[C@]2(C)c3cc(O)ccc3CCC12. The van der Waals surface area contributed by atoms with E-state index in [2.05, 4.69) is 13.8 Å². The van der Waals surface area contributed by atoms with Gasteiger partial charge in [-0.05, 0) is 134 Å². The van der Waals surface area contributed by atoms with E-state index in [0.717, 1.165) is 62.5 Å². The summed E-state index contributed by atoms with van der Waals surface area (Å²) in [6.07, 6.45) is 8.52. The fourth-order valence-electron chi connectivity index (χ4n) is 9.70. The first-order valence-electron chi connectivity index (χ1n) is 14.8. The zero-order valence-electron chi connectivity index (χ0n) is 23.8. The molecule has 2 N–H and O–H groups in total. The van der Waals surface area contributed by atoms with Gasteiger partial charge in [0.05, 0.1) is 10.8 Å². The van der Waals surface area contributed by atoms with E-state index in [0.29, 0.717) is 12.8 Å². The van der Waals surface area contributed by atoms with Crippen molar-refractivity contribution in [1.29, 1.82) is 0 Å². The molecule has 4 aliphatic carbocycles. The van der Waals surface area contributed by atoms with Crippen LogP contribution in [0.25, 0.3) is 0 Å². The van der Waals surface area contributed by atoms with Crippen LogP contribution >= 0.6 is 0 Å². The standard InChI is InChI=1S/C34H42O5/c1-31-15-5-17-33(3,27(31)13-9-21-7-11-23(35)19-25(21)31)29(37)39-30(38)34(4)18-6-16-32(2)26-20-24(36)12-8-22(26)10-14-28(32)34/h7-8,11-12,19-20,27-28,35-36H,5-6,9-10,13-18H2,1-4H3/t27-,28?,31-,32-,33-,34-/m1/s1. The minimum Gasteiger partial charge on any atom is -0.508 e. The number of aromatic hydroxyl groups is 2. The minimum absolute atomic E-state index is 0.0438. The Morgan fingerprint density at radius 3 is 1.51 bits per heavy atom. The molecule has 2 aromatic carbocycles. The van der Waals surface area contributed by atoms with E-state index in [1.807, 2.05) is 38.1 Å². The number of rotatable bonds is 2. The van der Waals surface area contributed by atoms with Crippen LogP contribution in [-0.4, -0.2) is 22.2 Å². The molecule has 2 saturated carbocycles. The molecule has 6 atom stereocenters. The summed E-state index contributed by atoms with van der Waals surface area (Å²) in [4.78, 5) is 28.1. The van der Waals surface area contributed by atoms with Crippen LogP contribution in [0.2, 0.25) is 0 Å². The predicted octanol–water partition coefficient (Wildman–Crippen LogP) is 6.89. The van der Waals surface area contributed by atoms with Crippen LogP contribution in [0, 0.1) is 22.7 Å². The highest BCUT2D eigenvalue weighted by atomic mass is 16.6. The van der Waals surface area contributed by atoms with Crippen molar-refractivity contribution in [2.24, 2.45) is 22.7 Å². The molecule has 0 spiro atoms. The van der Waals surface area contributed by atoms with E-state index in [4.69, 9.17) is 4.74 Å². The lowest BCUT2D eigenvalue weighted by molar-refractivity contribution is -0.184. The summed E-state index contributed by atoms with van der Waals surface area (Å²) in [5, 5.41) is 20.5. The zero-order valence-corrected chi connectivity index (χ0v) is 23.8. The van der Waals surface area contributed by atoms with Gasteiger partial charge in [0.15, 0.2) is 0 Å². The first-order chi connectivity index (χ1) is 18.4. The van der Waals surface area contributed by atoms with Crippen molar-refractivity contribution in [2.45, 2.75) is 103 Å². The summed E-state index contributed by atoms with van der Waals surface area (Å²) in [5.41, 5.74) is 2.77. The van der Waals surface area contributed by atoms with Crippen molar-refractivity contribution in [3.8, 4) is 11.5 Å². The molecular formula is C34H42O5. The van der Waals surface area contributed by atoms with Crippen molar-refractivity contribution in [1.82, 2.24) is 0 Å². The van der Waals surface area contributed by atoms with Gasteiger partial charge in [0, 0.05) is 0 Å². The van der Waals surface area contributed by atoms with E-state index in [1.165, 1.54) is 11.1 Å². The normalized spacial score (nSPS) is 37.0. The average molecular weight is 531 g/mol. The Balaban J connectivity index is 1.28. The molecule has 0 heterocycles. The number of fused-ring (bicyclic) bond motifs is 6. The molecule has 208 valence electrons. The molecule has 2 aromatic rings. The smallest absolute Gasteiger partial charge is 0.319 e. The fourth-order valence-corrected chi connectivity index (χ4v) is 9.70. The first kappa shape index (κ1) is 26.4. The lowest BCUT2D eigenvalue weighted by Gasteiger charge is -2.55. The molecule has 5 nitrogen and oxygen atoms in total. The Morgan fingerprint density at radius 2 is 1.10 bits per heavy atom. The topological polar surface area (TPSA) is 83.8 Å². The molecule has 0 saturated heterocycles. The number of ether oxygens (including phenoxy) is 1. The van der Waals surface area contributed by atoms with Crippen molar-refractivity contribution in [3.63, 3.8) is 0 Å². The number of phenols is 2. The molecule has 0 amide bonds. The van der Waals surface area contributed by atoms with Gasteiger partial charge < -0.3 is 14.9 Å². The quantitative estimate of drug-likeness (QED) is 0.326. The highest BCUT2D eigenvalue weighted by molar-refractivity contribution is 5.92. The van der Waals surface area contributed by atoms with Crippen LogP contribution in [0.4, 0.5) is 0 Å². The van der Waals surface area contributed by atoms with E-state index < -0.39 is 10.8 Å². The third-order valence-electron chi connectivity index (χ3n) is 11.8. The molecule has 2 fully saturated rings. The molecule has 6 rings (SSSR count). The number of aryl methyl sites for hydroxylation is 2. The Morgan fingerprint density at radius 1 is 0.692 bits per heavy atom. The Bertz CT molecular complexity index is 1250. The second kappa shape index (κ2) is 8.84. The van der Waals surface area contributed by atoms with E-state index in [9.17, 15) is 19.8 Å². The molecule has 39 heavy (non-hydrogen) atoms. The van der Waals surface area contributed by atoms with Gasteiger partial charge in [-0.1, -0.05) is 38.8 Å². The summed E-state index contributed by atoms with van der Waals surface area (Å²) in [5.74, 6) is -0.152. The molecule has 0 radical (unpaired) electrons. The minimum atomic E-state index is -0.759. The van der Waals surface area contributed by atoms with Crippen LogP contribution in [0.1, 0.15) is 101 Å². The molecule has 0 aromatic heterocycles. The van der Waals surface area contributed by atoms with Crippen molar-refractivity contribution in [3.05, 3.63) is 58.7 Å². The molecule has 5 heteroatoms. The summed E-state index contributed by atoms with van der Waals surface area (Å²) >= 11 is 0. The molecule has 1 unspecified atom stereocenters. The first-order valence-corrected chi connectivity index (χ1v) is 14.8. The third kappa shape index (κ3) is 3.78. The van der Waals surface area contributed by atoms with Crippen LogP contribution in [0.5, 0.6) is 11.5 Å². The average Bonchev–Trinajstić information content (AvgIpc) is 2.89. The highest BCUT2D eigenvalue weighted by Crippen LogP contribution is 2.60. The second-order valence-electron chi connectivity index (χ2n) is 13.9. The number of benzene rings is 2. The number of hydrogen-bond acceptors (Lipinski definition) is 5. The molecule has 4 aliphatic rings. The van der Waals surface area contributed by atoms with Crippen molar-refractivity contribution < 1.29 is 24.5 Å². The van der Waals surface area contributed by atoms with Gasteiger partial charge in [0.25, 0.3) is 0 Å². The van der Waals surface area contributed by atoms with E-state index in [-0.39, 0.29) is 46.1 Å². The number of hydrogen-bond donors (Lipinski definition) is 2. The summed E-state index contributed by atoms with van der Waals surface area (Å²) in [6, 6.07) is 11.3. The van der Waals surface area contributed by atoms with Gasteiger partial charge >= 0.3 is 11.9 Å². The summed E-state index contributed by atoms with van der Waals surface area (Å²) in [7, 11) is 0. The van der Waals surface area contributed by atoms with Gasteiger partial charge in [-0.2, -0.15) is 0 Å². The fraction of sp³-hybridized carbons (Fsp3) is 0.588. The van der Waals surface area contributed by atoms with Crippen molar-refractivity contribution >= 4 is 11.9 Å². The predicted molar refractivity (Wildman–Crippen MR) is 150 cm³/mol. The monoisotopic (exact) mass is 530 g/mol.